The molecule has 0 amide bonds. The summed E-state index contributed by atoms with van der Waals surface area (Å²) >= 11 is 0. The van der Waals surface area contributed by atoms with Crippen molar-refractivity contribution in [1.82, 2.24) is 9.13 Å². The van der Waals surface area contributed by atoms with Gasteiger partial charge in [0.2, 0.25) is 0 Å². The molecule has 10 aromatic rings. The van der Waals surface area contributed by atoms with Crippen molar-refractivity contribution in [3.63, 3.8) is 0 Å². The summed E-state index contributed by atoms with van der Waals surface area (Å²) < 4.78 is 17.8. The number of rotatable bonds is 4. The molecular formula is C46H33N2OP. The second-order valence-corrected chi connectivity index (χ2v) is 16.9. The molecule has 50 heavy (non-hydrogen) atoms. The predicted molar refractivity (Wildman–Crippen MR) is 215 cm³/mol. The van der Waals surface area contributed by atoms with Crippen LogP contribution in [-0.4, -0.2) is 22.5 Å². The van der Waals surface area contributed by atoms with E-state index in [0.29, 0.717) is 0 Å². The zero-order chi connectivity index (χ0) is 33.6. The average Bonchev–Trinajstić information content (AvgIpc) is 3.66. The van der Waals surface area contributed by atoms with Crippen molar-refractivity contribution in [2.24, 2.45) is 0 Å². The Morgan fingerprint density at radius 2 is 0.700 bits per heavy atom. The lowest BCUT2D eigenvalue weighted by Crippen LogP contribution is -2.03. The average molecular weight is 661 g/mol. The normalized spacial score (nSPS) is 12.3. The van der Waals surface area contributed by atoms with Gasteiger partial charge in [0.1, 0.15) is 7.14 Å². The van der Waals surface area contributed by atoms with Gasteiger partial charge in [-0.05, 0) is 54.8 Å². The van der Waals surface area contributed by atoms with Crippen LogP contribution in [0.2, 0.25) is 0 Å². The van der Waals surface area contributed by atoms with Gasteiger partial charge in [-0.3, -0.25) is 0 Å². The van der Waals surface area contributed by atoms with Crippen molar-refractivity contribution in [3.05, 3.63) is 164 Å². The van der Waals surface area contributed by atoms with Gasteiger partial charge < -0.3 is 13.7 Å². The van der Waals surface area contributed by atoms with Gasteiger partial charge in [-0.2, -0.15) is 0 Å². The molecule has 0 unspecified atom stereocenters. The molecule has 0 bridgehead atoms. The smallest absolute Gasteiger partial charge is 0.109 e. The molecule has 238 valence electrons. The van der Waals surface area contributed by atoms with Crippen LogP contribution < -0.4 is 5.30 Å². The molecule has 0 aliphatic rings. The van der Waals surface area contributed by atoms with Gasteiger partial charge in [0.25, 0.3) is 0 Å². The maximum atomic E-state index is 12.9. The van der Waals surface area contributed by atoms with Crippen molar-refractivity contribution >= 4 is 77.6 Å². The van der Waals surface area contributed by atoms with Gasteiger partial charge in [0.05, 0.1) is 33.4 Å². The first kappa shape index (κ1) is 29.1. The van der Waals surface area contributed by atoms with Gasteiger partial charge in [0.15, 0.2) is 0 Å². The maximum Gasteiger partial charge on any atom is 0.109 e. The van der Waals surface area contributed by atoms with E-state index in [1.807, 2.05) is 25.5 Å². The number of para-hydroxylation sites is 4. The Balaban J connectivity index is 1.40. The van der Waals surface area contributed by atoms with Crippen molar-refractivity contribution in [2.45, 2.75) is 0 Å². The van der Waals surface area contributed by atoms with Crippen molar-refractivity contribution in [1.29, 1.82) is 0 Å². The molecule has 0 saturated heterocycles. The summed E-state index contributed by atoms with van der Waals surface area (Å²) in [5.74, 6) is 0. The maximum absolute atomic E-state index is 12.9. The summed E-state index contributed by atoms with van der Waals surface area (Å²) in [5, 5.41) is 10.6. The molecule has 3 nitrogen and oxygen atoms in total. The Labute approximate surface area is 290 Å². The van der Waals surface area contributed by atoms with Gasteiger partial charge in [-0.15, -0.1) is 0 Å². The lowest BCUT2D eigenvalue weighted by Gasteiger charge is -2.21. The van der Waals surface area contributed by atoms with Crippen LogP contribution in [0.15, 0.2) is 164 Å². The Kier molecular flexibility index (Phi) is 6.28. The van der Waals surface area contributed by atoms with E-state index in [1.165, 1.54) is 76.5 Å². The Bertz CT molecular complexity index is 2920. The second kappa shape index (κ2) is 10.8. The molecular weight excluding hydrogens is 627 g/mol. The zero-order valence-electron chi connectivity index (χ0n) is 27.8. The van der Waals surface area contributed by atoms with Gasteiger partial charge >= 0.3 is 0 Å². The second-order valence-electron chi connectivity index (χ2n) is 13.6. The number of fused-ring (bicyclic) bond motifs is 8. The number of hydrogen-bond donors (Lipinski definition) is 0. The van der Waals surface area contributed by atoms with Crippen LogP contribution in [-0.2, 0) is 4.57 Å². The minimum Gasteiger partial charge on any atom is -0.319 e. The van der Waals surface area contributed by atoms with Crippen LogP contribution in [0.3, 0.4) is 0 Å². The molecule has 0 aliphatic heterocycles. The van der Waals surface area contributed by atoms with E-state index in [2.05, 4.69) is 161 Å². The monoisotopic (exact) mass is 660 g/mol. The summed E-state index contributed by atoms with van der Waals surface area (Å²) in [6.07, 6.45) is 0. The molecule has 0 radical (unpaired) electrons. The van der Waals surface area contributed by atoms with E-state index in [9.17, 15) is 4.57 Å². The van der Waals surface area contributed by atoms with Gasteiger partial charge in [-0.25, -0.2) is 0 Å². The van der Waals surface area contributed by atoms with Gasteiger partial charge in [-0.1, -0.05) is 133 Å². The standard InChI is InChI=1S/C46H33N2OP/c1-50(2,49)32-26-23-30(24-27-32)31-25-28-39-40(29-31)46(48-43-21-11-7-15-35(43)36-16-8-12-22-44(36)48)38-18-4-3-17-37(38)45(39)47-41-19-9-5-13-33(41)34-14-6-10-20-42(34)47/h3-29H,1-2H3. The highest BCUT2D eigenvalue weighted by molar-refractivity contribution is 7.70. The van der Waals surface area contributed by atoms with Crippen LogP contribution in [0, 0.1) is 0 Å². The third kappa shape index (κ3) is 4.20. The zero-order valence-corrected chi connectivity index (χ0v) is 28.7. The third-order valence-corrected chi connectivity index (χ3v) is 11.9. The number of aromatic nitrogens is 2. The Morgan fingerprint density at radius 3 is 1.12 bits per heavy atom. The summed E-state index contributed by atoms with van der Waals surface area (Å²) in [6, 6.07) is 59.1. The fraction of sp³-hybridized carbons (Fsp3) is 0.0435. The summed E-state index contributed by atoms with van der Waals surface area (Å²) in [6.45, 7) is 3.66. The fourth-order valence-electron chi connectivity index (χ4n) is 8.13. The van der Waals surface area contributed by atoms with Crippen molar-refractivity contribution in [3.8, 4) is 22.5 Å². The fourth-order valence-corrected chi connectivity index (χ4v) is 9.00. The Morgan fingerprint density at radius 1 is 0.360 bits per heavy atom. The van der Waals surface area contributed by atoms with Crippen molar-refractivity contribution < 1.29 is 4.57 Å². The first-order valence-electron chi connectivity index (χ1n) is 17.1. The van der Waals surface area contributed by atoms with Crippen LogP contribution >= 0.6 is 7.14 Å². The third-order valence-electron chi connectivity index (χ3n) is 10.4. The van der Waals surface area contributed by atoms with Crippen molar-refractivity contribution in [2.75, 3.05) is 13.3 Å². The highest BCUT2D eigenvalue weighted by atomic mass is 31.2. The summed E-state index contributed by atoms with van der Waals surface area (Å²) in [4.78, 5) is 0. The molecule has 10 rings (SSSR count). The number of benzene rings is 8. The summed E-state index contributed by atoms with van der Waals surface area (Å²) in [7, 11) is -2.36. The van der Waals surface area contributed by atoms with Crippen LogP contribution in [0.5, 0.6) is 0 Å². The lowest BCUT2D eigenvalue weighted by molar-refractivity contribution is 0.588. The molecule has 0 spiro atoms. The molecule has 8 aromatic carbocycles. The molecule has 2 heterocycles. The number of hydrogen-bond acceptors (Lipinski definition) is 1. The van der Waals surface area contributed by atoms with Gasteiger partial charge in [0, 0.05) is 48.4 Å². The topological polar surface area (TPSA) is 26.9 Å². The minimum absolute atomic E-state index is 0.896. The minimum atomic E-state index is -2.36. The largest absolute Gasteiger partial charge is 0.319 e. The highest BCUT2D eigenvalue weighted by Crippen LogP contribution is 2.45. The molecule has 2 aromatic heterocycles. The summed E-state index contributed by atoms with van der Waals surface area (Å²) in [5.41, 5.74) is 9.31. The quantitative estimate of drug-likeness (QED) is 0.136. The van der Waals surface area contributed by atoms with Crippen LogP contribution in [0.4, 0.5) is 0 Å². The molecule has 0 saturated carbocycles. The molecule has 4 heteroatoms. The van der Waals surface area contributed by atoms with E-state index in [4.69, 9.17) is 0 Å². The lowest BCUT2D eigenvalue weighted by atomic mass is 9.94. The van der Waals surface area contributed by atoms with E-state index < -0.39 is 7.14 Å². The van der Waals surface area contributed by atoms with E-state index in [0.717, 1.165) is 16.4 Å². The van der Waals surface area contributed by atoms with Crippen LogP contribution in [0.1, 0.15) is 0 Å². The molecule has 0 atom stereocenters. The van der Waals surface area contributed by atoms with E-state index in [-0.39, 0.29) is 0 Å². The Hall–Kier alpha value is -5.89. The molecule has 0 N–H and O–H groups in total. The SMILES string of the molecule is CP(C)(=O)c1ccc(-c2ccc3c(-n4c5ccccc5c5ccccc54)c4ccccc4c(-n4c5ccccc5c5ccccc54)c3c2)cc1. The molecule has 0 aliphatic carbocycles. The number of nitrogens with zero attached hydrogens (tertiary/aromatic N) is 2. The first-order valence-corrected chi connectivity index (χ1v) is 19.7. The molecule has 0 fully saturated rings. The first-order chi connectivity index (χ1) is 24.5. The predicted octanol–water partition coefficient (Wildman–Crippen LogP) is 12.1. The van der Waals surface area contributed by atoms with E-state index >= 15 is 0 Å². The van der Waals surface area contributed by atoms with Crippen LogP contribution in [0.25, 0.3) is 87.7 Å². The van der Waals surface area contributed by atoms with E-state index in [1.54, 1.807) is 0 Å². The highest BCUT2D eigenvalue weighted by Gasteiger charge is 2.23.